The average Bonchev–Trinajstić information content (AvgIpc) is 2.43. The molecular weight excluding hydrogens is 178 g/mol. The summed E-state index contributed by atoms with van der Waals surface area (Å²) >= 11 is 0. The zero-order valence-corrected chi connectivity index (χ0v) is 8.79. The minimum absolute atomic E-state index is 0.162. The minimum atomic E-state index is -0.162. The fourth-order valence-electron chi connectivity index (χ4n) is 1.58. The molecule has 0 fully saturated rings. The molecule has 0 spiro atoms. The highest BCUT2D eigenvalue weighted by Crippen LogP contribution is 2.10. The van der Waals surface area contributed by atoms with Crippen LogP contribution >= 0.6 is 0 Å². The molecule has 0 heterocycles. The van der Waals surface area contributed by atoms with E-state index in [4.69, 9.17) is 4.74 Å². The normalized spacial score (nSPS) is 21.6. The van der Waals surface area contributed by atoms with Crippen LogP contribution in [-0.2, 0) is 9.53 Å². The van der Waals surface area contributed by atoms with Crippen molar-refractivity contribution in [2.75, 3.05) is 13.2 Å². The number of rotatable bonds is 4. The summed E-state index contributed by atoms with van der Waals surface area (Å²) in [5.41, 5.74) is 0. The van der Waals surface area contributed by atoms with Gasteiger partial charge in [0.25, 0.3) is 0 Å². The number of carbonyl (C=O) groups excluding carboxylic acids is 1. The Balaban J connectivity index is 2.19. The molecule has 0 aromatic carbocycles. The van der Waals surface area contributed by atoms with Crippen LogP contribution in [-0.4, -0.2) is 25.2 Å². The summed E-state index contributed by atoms with van der Waals surface area (Å²) in [6.45, 7) is 2.60. The quantitative estimate of drug-likeness (QED) is 0.550. The molecule has 0 saturated carbocycles. The second-order valence-corrected chi connectivity index (χ2v) is 3.51. The van der Waals surface area contributed by atoms with Crippen molar-refractivity contribution in [3.63, 3.8) is 0 Å². The SMILES string of the molecule is CCOC(=O)CNC1C=CCCCC1. The van der Waals surface area contributed by atoms with E-state index in [2.05, 4.69) is 17.5 Å². The van der Waals surface area contributed by atoms with Crippen LogP contribution in [0.15, 0.2) is 12.2 Å². The first-order chi connectivity index (χ1) is 6.83. The molecule has 1 rings (SSSR count). The van der Waals surface area contributed by atoms with Crippen molar-refractivity contribution in [2.45, 2.75) is 38.6 Å². The van der Waals surface area contributed by atoms with E-state index in [1.165, 1.54) is 12.8 Å². The number of hydrogen-bond acceptors (Lipinski definition) is 3. The van der Waals surface area contributed by atoms with Crippen LogP contribution < -0.4 is 5.32 Å². The lowest BCUT2D eigenvalue weighted by Gasteiger charge is -2.12. The number of nitrogens with one attached hydrogen (secondary N) is 1. The maximum Gasteiger partial charge on any atom is 0.319 e. The van der Waals surface area contributed by atoms with Gasteiger partial charge in [-0.05, 0) is 26.2 Å². The van der Waals surface area contributed by atoms with Gasteiger partial charge in [-0.2, -0.15) is 0 Å². The van der Waals surface area contributed by atoms with E-state index in [1.807, 2.05) is 6.92 Å². The van der Waals surface area contributed by atoms with Crippen LogP contribution in [0.2, 0.25) is 0 Å². The van der Waals surface area contributed by atoms with E-state index >= 15 is 0 Å². The first-order valence-corrected chi connectivity index (χ1v) is 5.38. The Kier molecular flexibility index (Phi) is 5.30. The van der Waals surface area contributed by atoms with Gasteiger partial charge in [-0.25, -0.2) is 0 Å². The summed E-state index contributed by atoms with van der Waals surface area (Å²) < 4.78 is 4.84. The Morgan fingerprint density at radius 2 is 2.43 bits per heavy atom. The molecular formula is C11H19NO2. The van der Waals surface area contributed by atoms with E-state index in [-0.39, 0.29) is 5.97 Å². The van der Waals surface area contributed by atoms with E-state index in [0.717, 1.165) is 12.8 Å². The number of carbonyl (C=O) groups is 1. The highest BCUT2D eigenvalue weighted by atomic mass is 16.5. The summed E-state index contributed by atoms with van der Waals surface area (Å²) in [6, 6.07) is 0.349. The van der Waals surface area contributed by atoms with E-state index in [1.54, 1.807) is 0 Å². The molecule has 80 valence electrons. The summed E-state index contributed by atoms with van der Waals surface area (Å²) in [6.07, 6.45) is 9.12. The molecule has 0 aromatic rings. The Morgan fingerprint density at radius 3 is 3.21 bits per heavy atom. The fourth-order valence-corrected chi connectivity index (χ4v) is 1.58. The molecule has 1 atom stereocenters. The molecule has 3 heteroatoms. The molecule has 0 aliphatic heterocycles. The number of allylic oxidation sites excluding steroid dienone is 1. The van der Waals surface area contributed by atoms with Crippen LogP contribution in [0, 0.1) is 0 Å². The Hall–Kier alpha value is -0.830. The van der Waals surface area contributed by atoms with Crippen molar-refractivity contribution in [3.8, 4) is 0 Å². The molecule has 0 saturated heterocycles. The van der Waals surface area contributed by atoms with Crippen LogP contribution in [0.5, 0.6) is 0 Å². The molecule has 0 radical (unpaired) electrons. The molecule has 1 aliphatic carbocycles. The largest absolute Gasteiger partial charge is 0.465 e. The zero-order valence-electron chi connectivity index (χ0n) is 8.79. The van der Waals surface area contributed by atoms with E-state index < -0.39 is 0 Å². The van der Waals surface area contributed by atoms with Crippen LogP contribution in [0.1, 0.15) is 32.6 Å². The maximum absolute atomic E-state index is 11.1. The lowest BCUT2D eigenvalue weighted by Crippen LogP contribution is -2.32. The molecule has 0 bridgehead atoms. The van der Waals surface area contributed by atoms with Crippen LogP contribution in [0.4, 0.5) is 0 Å². The molecule has 1 aliphatic rings. The second kappa shape index (κ2) is 6.60. The van der Waals surface area contributed by atoms with E-state index in [0.29, 0.717) is 19.2 Å². The predicted octanol–water partition coefficient (Wildman–Crippen LogP) is 1.64. The second-order valence-electron chi connectivity index (χ2n) is 3.51. The number of esters is 1. The molecule has 0 aromatic heterocycles. The molecule has 1 N–H and O–H groups in total. The third kappa shape index (κ3) is 4.42. The number of hydrogen-bond donors (Lipinski definition) is 1. The van der Waals surface area contributed by atoms with Gasteiger partial charge in [0.1, 0.15) is 0 Å². The van der Waals surface area contributed by atoms with Gasteiger partial charge in [0.2, 0.25) is 0 Å². The van der Waals surface area contributed by atoms with Crippen LogP contribution in [0.3, 0.4) is 0 Å². The van der Waals surface area contributed by atoms with Crippen molar-refractivity contribution in [2.24, 2.45) is 0 Å². The monoisotopic (exact) mass is 197 g/mol. The highest BCUT2D eigenvalue weighted by Gasteiger charge is 2.09. The predicted molar refractivity (Wildman–Crippen MR) is 56.0 cm³/mol. The third-order valence-corrected chi connectivity index (χ3v) is 2.32. The summed E-state index contributed by atoms with van der Waals surface area (Å²) in [5, 5.41) is 3.18. The third-order valence-electron chi connectivity index (χ3n) is 2.32. The zero-order chi connectivity index (χ0) is 10.2. The highest BCUT2D eigenvalue weighted by molar-refractivity contribution is 5.71. The fraction of sp³-hybridized carbons (Fsp3) is 0.727. The Labute approximate surface area is 85.5 Å². The van der Waals surface area contributed by atoms with Gasteiger partial charge >= 0.3 is 5.97 Å². The molecule has 14 heavy (non-hydrogen) atoms. The van der Waals surface area contributed by atoms with E-state index in [9.17, 15) is 4.79 Å². The Morgan fingerprint density at radius 1 is 1.57 bits per heavy atom. The molecule has 3 nitrogen and oxygen atoms in total. The number of ether oxygens (including phenoxy) is 1. The van der Waals surface area contributed by atoms with Gasteiger partial charge in [-0.15, -0.1) is 0 Å². The lowest BCUT2D eigenvalue weighted by atomic mass is 10.1. The topological polar surface area (TPSA) is 38.3 Å². The van der Waals surface area contributed by atoms with Gasteiger partial charge in [-0.1, -0.05) is 18.6 Å². The van der Waals surface area contributed by atoms with Crippen molar-refractivity contribution >= 4 is 5.97 Å². The standard InChI is InChI=1S/C11H19NO2/c1-2-14-11(13)9-12-10-7-5-3-4-6-8-10/h5,7,10,12H,2-4,6,8-9H2,1H3. The Bertz CT molecular complexity index is 201. The molecule has 1 unspecified atom stereocenters. The maximum atomic E-state index is 11.1. The van der Waals surface area contributed by atoms with Gasteiger partial charge < -0.3 is 10.1 Å². The average molecular weight is 197 g/mol. The van der Waals surface area contributed by atoms with Crippen LogP contribution in [0.25, 0.3) is 0 Å². The van der Waals surface area contributed by atoms with Crippen molar-refractivity contribution in [3.05, 3.63) is 12.2 Å². The van der Waals surface area contributed by atoms with Crippen molar-refractivity contribution < 1.29 is 9.53 Å². The van der Waals surface area contributed by atoms with Crippen molar-refractivity contribution in [1.82, 2.24) is 5.32 Å². The van der Waals surface area contributed by atoms with Gasteiger partial charge in [0, 0.05) is 6.04 Å². The molecule has 0 amide bonds. The summed E-state index contributed by atoms with van der Waals surface area (Å²) in [5.74, 6) is -0.162. The van der Waals surface area contributed by atoms with Gasteiger partial charge in [0.15, 0.2) is 0 Å². The van der Waals surface area contributed by atoms with Gasteiger partial charge in [-0.3, -0.25) is 4.79 Å². The first-order valence-electron chi connectivity index (χ1n) is 5.38. The summed E-state index contributed by atoms with van der Waals surface area (Å²) in [7, 11) is 0. The lowest BCUT2D eigenvalue weighted by molar-refractivity contribution is -0.142. The minimum Gasteiger partial charge on any atom is -0.465 e. The summed E-state index contributed by atoms with van der Waals surface area (Å²) in [4.78, 5) is 11.1. The van der Waals surface area contributed by atoms with Gasteiger partial charge in [0.05, 0.1) is 13.2 Å². The first kappa shape index (κ1) is 11.2. The smallest absolute Gasteiger partial charge is 0.319 e. The van der Waals surface area contributed by atoms with Crippen molar-refractivity contribution in [1.29, 1.82) is 0 Å².